The number of esters is 1. The third-order valence-electron chi connectivity index (χ3n) is 3.03. The van der Waals surface area contributed by atoms with Crippen LogP contribution in [0.4, 0.5) is 11.4 Å². The van der Waals surface area contributed by atoms with Crippen molar-refractivity contribution in [2.75, 3.05) is 6.61 Å². The van der Waals surface area contributed by atoms with Gasteiger partial charge in [0.15, 0.2) is 0 Å². The number of unbranched alkanes of at least 4 members (excludes halogenated alkanes) is 1. The molecule has 10 heteroatoms. The first-order valence-corrected chi connectivity index (χ1v) is 7.17. The Morgan fingerprint density at radius 1 is 1.17 bits per heavy atom. The van der Waals surface area contributed by atoms with E-state index in [-0.39, 0.29) is 12.2 Å². The molecule has 0 aliphatic carbocycles. The summed E-state index contributed by atoms with van der Waals surface area (Å²) in [4.78, 5) is 43.7. The average molecular weight is 339 g/mol. The second kappa shape index (κ2) is 8.56. The molecule has 1 atom stereocenters. The number of nitrogens with one attached hydrogen (secondary N) is 1. The number of ether oxygens (including phenoxy) is 1. The lowest BCUT2D eigenvalue weighted by atomic mass is 10.1. The van der Waals surface area contributed by atoms with Crippen molar-refractivity contribution in [3.8, 4) is 0 Å². The molecular formula is C14H17N3O7. The van der Waals surface area contributed by atoms with E-state index in [1.54, 1.807) is 0 Å². The van der Waals surface area contributed by atoms with Crippen molar-refractivity contribution in [2.45, 2.75) is 32.7 Å². The standard InChI is InChI=1S/C14H17N3O7/c1-3-4-5-24-14(19)9(2)15-13(18)10-6-11(16(20)21)8-12(7-10)17(22)23/h6-9H,3-5H2,1-2H3,(H,15,18)/t9-/m0/s1. The Hall–Kier alpha value is -3.04. The van der Waals surface area contributed by atoms with E-state index in [1.807, 2.05) is 6.92 Å². The van der Waals surface area contributed by atoms with Crippen LogP contribution < -0.4 is 5.32 Å². The first kappa shape index (κ1) is 19.0. The molecule has 0 radical (unpaired) electrons. The summed E-state index contributed by atoms with van der Waals surface area (Å²) in [6, 6.07) is 1.56. The van der Waals surface area contributed by atoms with Crippen molar-refractivity contribution in [1.82, 2.24) is 5.32 Å². The zero-order valence-electron chi connectivity index (χ0n) is 13.2. The molecule has 130 valence electrons. The van der Waals surface area contributed by atoms with Crippen LogP contribution in [0.15, 0.2) is 18.2 Å². The minimum absolute atomic E-state index is 0.220. The molecule has 0 saturated heterocycles. The molecule has 1 aromatic rings. The summed E-state index contributed by atoms with van der Waals surface area (Å²) >= 11 is 0. The fourth-order valence-electron chi connectivity index (χ4n) is 1.72. The maximum absolute atomic E-state index is 12.1. The molecule has 24 heavy (non-hydrogen) atoms. The van der Waals surface area contributed by atoms with E-state index in [4.69, 9.17) is 4.74 Å². The number of nitrogens with zero attached hydrogens (tertiary/aromatic N) is 2. The van der Waals surface area contributed by atoms with Gasteiger partial charge < -0.3 is 10.1 Å². The number of rotatable bonds is 8. The van der Waals surface area contributed by atoms with Crippen molar-refractivity contribution in [1.29, 1.82) is 0 Å². The van der Waals surface area contributed by atoms with Crippen molar-refractivity contribution >= 4 is 23.3 Å². The maximum atomic E-state index is 12.1. The van der Waals surface area contributed by atoms with Gasteiger partial charge >= 0.3 is 5.97 Å². The SMILES string of the molecule is CCCCOC(=O)[C@H](C)NC(=O)c1cc([N+](=O)[O-])cc([N+](=O)[O-])c1. The van der Waals surface area contributed by atoms with Gasteiger partial charge in [-0.3, -0.25) is 25.0 Å². The first-order chi connectivity index (χ1) is 11.3. The third kappa shape index (κ3) is 5.30. The molecule has 0 heterocycles. The van der Waals surface area contributed by atoms with Crippen molar-refractivity contribution in [2.24, 2.45) is 0 Å². The molecular weight excluding hydrogens is 322 g/mol. The molecule has 0 aromatic heterocycles. The van der Waals surface area contributed by atoms with Crippen LogP contribution in [0.3, 0.4) is 0 Å². The Morgan fingerprint density at radius 2 is 1.71 bits per heavy atom. The Labute approximate surface area is 137 Å². The van der Waals surface area contributed by atoms with E-state index in [1.165, 1.54) is 6.92 Å². The minimum Gasteiger partial charge on any atom is -0.464 e. The predicted octanol–water partition coefficient (Wildman–Crippen LogP) is 1.96. The van der Waals surface area contributed by atoms with Gasteiger partial charge in [-0.2, -0.15) is 0 Å². The van der Waals surface area contributed by atoms with E-state index in [0.29, 0.717) is 6.42 Å². The lowest BCUT2D eigenvalue weighted by Crippen LogP contribution is -2.39. The molecule has 1 aromatic carbocycles. The molecule has 0 bridgehead atoms. The number of non-ortho nitro benzene ring substituents is 2. The van der Waals surface area contributed by atoms with E-state index in [9.17, 15) is 29.8 Å². The summed E-state index contributed by atoms with van der Waals surface area (Å²) in [6.45, 7) is 3.53. The van der Waals surface area contributed by atoms with Gasteiger partial charge in [0.05, 0.1) is 28.1 Å². The minimum atomic E-state index is -0.993. The monoisotopic (exact) mass is 339 g/mol. The van der Waals surface area contributed by atoms with Crippen LogP contribution in [-0.2, 0) is 9.53 Å². The summed E-state index contributed by atoms with van der Waals surface area (Å²) in [5, 5.41) is 23.9. The lowest BCUT2D eigenvalue weighted by Gasteiger charge is -2.13. The highest BCUT2D eigenvalue weighted by Crippen LogP contribution is 2.22. The second-order valence-corrected chi connectivity index (χ2v) is 4.97. The fourth-order valence-corrected chi connectivity index (χ4v) is 1.72. The van der Waals surface area contributed by atoms with E-state index in [2.05, 4.69) is 5.32 Å². The van der Waals surface area contributed by atoms with Crippen LogP contribution in [-0.4, -0.2) is 34.4 Å². The van der Waals surface area contributed by atoms with Crippen LogP contribution in [0, 0.1) is 20.2 Å². The highest BCUT2D eigenvalue weighted by molar-refractivity contribution is 5.97. The Kier molecular flexibility index (Phi) is 6.78. The van der Waals surface area contributed by atoms with Gasteiger partial charge in [0.2, 0.25) is 0 Å². The van der Waals surface area contributed by atoms with Crippen LogP contribution in [0.25, 0.3) is 0 Å². The molecule has 0 aliphatic heterocycles. The molecule has 10 nitrogen and oxygen atoms in total. The van der Waals surface area contributed by atoms with Crippen molar-refractivity contribution in [3.63, 3.8) is 0 Å². The van der Waals surface area contributed by atoms with Crippen molar-refractivity contribution in [3.05, 3.63) is 44.0 Å². The fraction of sp³-hybridized carbons (Fsp3) is 0.429. The summed E-state index contributed by atoms with van der Waals surface area (Å²) < 4.78 is 4.93. The molecule has 0 spiro atoms. The number of nitro benzene ring substituents is 2. The average Bonchev–Trinajstić information content (AvgIpc) is 2.54. The maximum Gasteiger partial charge on any atom is 0.328 e. The van der Waals surface area contributed by atoms with Gasteiger partial charge in [-0.05, 0) is 13.3 Å². The number of carbonyl (C=O) groups is 2. The van der Waals surface area contributed by atoms with Gasteiger partial charge in [0.1, 0.15) is 6.04 Å². The smallest absolute Gasteiger partial charge is 0.328 e. The van der Waals surface area contributed by atoms with E-state index in [0.717, 1.165) is 24.6 Å². The zero-order valence-corrected chi connectivity index (χ0v) is 13.2. The Bertz CT molecular complexity index is 628. The number of amides is 1. The van der Waals surface area contributed by atoms with Crippen LogP contribution in [0.1, 0.15) is 37.0 Å². The predicted molar refractivity (Wildman–Crippen MR) is 82.5 cm³/mol. The Balaban J connectivity index is 2.88. The van der Waals surface area contributed by atoms with Crippen LogP contribution in [0.2, 0.25) is 0 Å². The highest BCUT2D eigenvalue weighted by Gasteiger charge is 2.23. The molecule has 0 unspecified atom stereocenters. The van der Waals surface area contributed by atoms with Crippen LogP contribution in [0.5, 0.6) is 0 Å². The molecule has 0 saturated carbocycles. The van der Waals surface area contributed by atoms with Crippen LogP contribution >= 0.6 is 0 Å². The number of nitro groups is 2. The topological polar surface area (TPSA) is 142 Å². The summed E-state index contributed by atoms with van der Waals surface area (Å²) in [6.07, 6.45) is 1.52. The van der Waals surface area contributed by atoms with Gasteiger partial charge in [-0.1, -0.05) is 13.3 Å². The van der Waals surface area contributed by atoms with Gasteiger partial charge in [0.25, 0.3) is 17.3 Å². The summed E-state index contributed by atoms with van der Waals surface area (Å²) in [7, 11) is 0. The van der Waals surface area contributed by atoms with E-state index < -0.39 is 39.1 Å². The number of carbonyl (C=O) groups excluding carboxylic acids is 2. The molecule has 1 amide bonds. The second-order valence-electron chi connectivity index (χ2n) is 4.97. The quantitative estimate of drug-likeness (QED) is 0.330. The van der Waals surface area contributed by atoms with Gasteiger partial charge in [0, 0.05) is 12.1 Å². The first-order valence-electron chi connectivity index (χ1n) is 7.17. The molecule has 0 aliphatic rings. The van der Waals surface area contributed by atoms with Crippen molar-refractivity contribution < 1.29 is 24.2 Å². The van der Waals surface area contributed by atoms with Gasteiger partial charge in [-0.15, -0.1) is 0 Å². The third-order valence-corrected chi connectivity index (χ3v) is 3.03. The lowest BCUT2D eigenvalue weighted by molar-refractivity contribution is -0.394. The number of benzene rings is 1. The highest BCUT2D eigenvalue weighted by atomic mass is 16.6. The zero-order chi connectivity index (χ0) is 18.3. The Morgan fingerprint density at radius 3 is 2.17 bits per heavy atom. The molecule has 1 rings (SSSR count). The number of hydrogen-bond donors (Lipinski definition) is 1. The molecule has 1 N–H and O–H groups in total. The summed E-state index contributed by atoms with van der Waals surface area (Å²) in [5.74, 6) is -1.50. The van der Waals surface area contributed by atoms with Gasteiger partial charge in [-0.25, -0.2) is 4.79 Å². The normalized spacial score (nSPS) is 11.4. The summed E-state index contributed by atoms with van der Waals surface area (Å²) in [5.41, 5.74) is -1.47. The number of hydrogen-bond acceptors (Lipinski definition) is 7. The largest absolute Gasteiger partial charge is 0.464 e. The van der Waals surface area contributed by atoms with E-state index >= 15 is 0 Å². The molecule has 0 fully saturated rings.